The Bertz CT molecular complexity index is 607. The van der Waals surface area contributed by atoms with Crippen molar-refractivity contribution >= 4 is 35.6 Å². The Labute approximate surface area is 156 Å². The maximum Gasteiger partial charge on any atom is 0.330 e. The molecule has 2 atom stereocenters. The number of rotatable bonds is 4. The summed E-state index contributed by atoms with van der Waals surface area (Å²) in [6.07, 6.45) is 6.29. The molecule has 0 radical (unpaired) electrons. The van der Waals surface area contributed by atoms with E-state index >= 15 is 0 Å². The third kappa shape index (κ3) is 4.13. The molecule has 2 N–H and O–H groups in total. The summed E-state index contributed by atoms with van der Waals surface area (Å²) in [7, 11) is 0. The van der Waals surface area contributed by atoms with Gasteiger partial charge >= 0.3 is 12.0 Å². The molecule has 2 saturated heterocycles. The first kappa shape index (κ1) is 19.0. The standard InChI is InChI=1S/C17H25N3O5S/c1-17-8-7-14(22)20(17)12(10-26-17)15(23)25-9-13(21)19-16(24)18-11-5-3-2-4-6-11/h11-12H,2-10H2,1H3,(H2,18,19,21,24)/t12-,17+/m0/s1. The first-order chi connectivity index (χ1) is 12.4. The summed E-state index contributed by atoms with van der Waals surface area (Å²) in [4.78, 5) is 49.2. The van der Waals surface area contributed by atoms with Gasteiger partial charge in [0.2, 0.25) is 5.91 Å². The Morgan fingerprint density at radius 2 is 2.00 bits per heavy atom. The summed E-state index contributed by atoms with van der Waals surface area (Å²) in [6.45, 7) is 1.41. The molecule has 2 heterocycles. The molecule has 8 nitrogen and oxygen atoms in total. The van der Waals surface area contributed by atoms with Crippen LogP contribution >= 0.6 is 11.8 Å². The normalized spacial score (nSPS) is 28.6. The number of ether oxygens (including phenoxy) is 1. The molecule has 4 amide bonds. The van der Waals surface area contributed by atoms with Crippen molar-refractivity contribution in [2.45, 2.75) is 68.8 Å². The first-order valence-corrected chi connectivity index (χ1v) is 10.1. The fourth-order valence-electron chi connectivity index (χ4n) is 3.86. The predicted molar refractivity (Wildman–Crippen MR) is 95.2 cm³/mol. The van der Waals surface area contributed by atoms with Crippen molar-refractivity contribution < 1.29 is 23.9 Å². The van der Waals surface area contributed by atoms with Crippen LogP contribution in [0, 0.1) is 0 Å². The lowest BCUT2D eigenvalue weighted by atomic mass is 9.96. The molecule has 1 saturated carbocycles. The van der Waals surface area contributed by atoms with Gasteiger partial charge in [-0.15, -0.1) is 11.8 Å². The van der Waals surface area contributed by atoms with E-state index in [9.17, 15) is 19.2 Å². The molecular formula is C17H25N3O5S. The van der Waals surface area contributed by atoms with Crippen molar-refractivity contribution in [2.75, 3.05) is 12.4 Å². The van der Waals surface area contributed by atoms with Gasteiger partial charge in [0.25, 0.3) is 5.91 Å². The average molecular weight is 383 g/mol. The Balaban J connectivity index is 1.42. The van der Waals surface area contributed by atoms with Crippen LogP contribution in [0.5, 0.6) is 0 Å². The Morgan fingerprint density at radius 3 is 2.73 bits per heavy atom. The molecule has 9 heteroatoms. The number of hydrogen-bond acceptors (Lipinski definition) is 6. The maximum absolute atomic E-state index is 12.3. The molecule has 144 valence electrons. The molecule has 0 spiro atoms. The largest absolute Gasteiger partial charge is 0.454 e. The van der Waals surface area contributed by atoms with E-state index < -0.39 is 30.6 Å². The Morgan fingerprint density at radius 1 is 1.27 bits per heavy atom. The number of amides is 4. The van der Waals surface area contributed by atoms with Gasteiger partial charge in [0.05, 0.1) is 4.87 Å². The van der Waals surface area contributed by atoms with Crippen LogP contribution in [0.4, 0.5) is 4.79 Å². The average Bonchev–Trinajstić information content (AvgIpc) is 3.10. The van der Waals surface area contributed by atoms with Gasteiger partial charge in [-0.3, -0.25) is 14.9 Å². The zero-order chi connectivity index (χ0) is 18.7. The fourth-order valence-corrected chi connectivity index (χ4v) is 5.28. The maximum atomic E-state index is 12.3. The van der Waals surface area contributed by atoms with Gasteiger partial charge in [-0.25, -0.2) is 9.59 Å². The lowest BCUT2D eigenvalue weighted by molar-refractivity contribution is -0.156. The van der Waals surface area contributed by atoms with Crippen molar-refractivity contribution in [1.82, 2.24) is 15.5 Å². The summed E-state index contributed by atoms with van der Waals surface area (Å²) in [5.74, 6) is -0.867. The second-order valence-electron chi connectivity index (χ2n) is 7.23. The third-order valence-corrected chi connectivity index (χ3v) is 6.76. The van der Waals surface area contributed by atoms with Gasteiger partial charge in [-0.05, 0) is 26.2 Å². The monoisotopic (exact) mass is 383 g/mol. The third-order valence-electron chi connectivity index (χ3n) is 5.26. The van der Waals surface area contributed by atoms with Crippen LogP contribution in [0.1, 0.15) is 51.9 Å². The van der Waals surface area contributed by atoms with Crippen LogP contribution in [0.2, 0.25) is 0 Å². The smallest absolute Gasteiger partial charge is 0.330 e. The van der Waals surface area contributed by atoms with E-state index in [1.54, 1.807) is 16.7 Å². The number of nitrogens with zero attached hydrogens (tertiary/aromatic N) is 1. The summed E-state index contributed by atoms with van der Waals surface area (Å²) >= 11 is 1.56. The van der Waals surface area contributed by atoms with Gasteiger partial charge in [0, 0.05) is 18.2 Å². The van der Waals surface area contributed by atoms with E-state index in [1.165, 1.54) is 6.42 Å². The molecule has 2 aliphatic heterocycles. The molecule has 1 aliphatic carbocycles. The lowest BCUT2D eigenvalue weighted by Gasteiger charge is -2.29. The predicted octanol–water partition coefficient (Wildman–Crippen LogP) is 1.14. The Hall–Kier alpha value is -1.77. The molecule has 3 aliphatic rings. The highest BCUT2D eigenvalue weighted by atomic mass is 32.2. The first-order valence-electron chi connectivity index (χ1n) is 9.12. The number of carbonyl (C=O) groups is 4. The highest BCUT2D eigenvalue weighted by Crippen LogP contribution is 2.47. The highest BCUT2D eigenvalue weighted by Gasteiger charge is 2.53. The van der Waals surface area contributed by atoms with Crippen LogP contribution < -0.4 is 10.6 Å². The number of carbonyl (C=O) groups excluding carboxylic acids is 4. The minimum absolute atomic E-state index is 0.0595. The second-order valence-corrected chi connectivity index (χ2v) is 8.73. The van der Waals surface area contributed by atoms with Gasteiger partial charge in [-0.2, -0.15) is 0 Å². The van der Waals surface area contributed by atoms with Gasteiger partial charge < -0.3 is 15.0 Å². The molecular weight excluding hydrogens is 358 g/mol. The van der Waals surface area contributed by atoms with Gasteiger partial charge in [0.1, 0.15) is 6.04 Å². The SMILES string of the molecule is C[C@@]12CCC(=O)N1[C@H](C(=O)OCC(=O)NC(=O)NC1CCCCC1)CS2. The molecule has 0 bridgehead atoms. The van der Waals surface area contributed by atoms with Crippen LogP contribution in [0.3, 0.4) is 0 Å². The van der Waals surface area contributed by atoms with E-state index in [0.29, 0.717) is 18.6 Å². The number of esters is 1. The van der Waals surface area contributed by atoms with Crippen molar-refractivity contribution in [1.29, 1.82) is 0 Å². The number of hydrogen-bond donors (Lipinski definition) is 2. The van der Waals surface area contributed by atoms with E-state index in [-0.39, 0.29) is 16.8 Å². The van der Waals surface area contributed by atoms with Crippen molar-refractivity contribution in [3.8, 4) is 0 Å². The summed E-state index contributed by atoms with van der Waals surface area (Å²) < 4.78 is 5.04. The summed E-state index contributed by atoms with van der Waals surface area (Å²) in [6, 6.07) is -1.13. The highest BCUT2D eigenvalue weighted by molar-refractivity contribution is 8.01. The summed E-state index contributed by atoms with van der Waals surface area (Å²) in [5, 5.41) is 4.95. The fraction of sp³-hybridized carbons (Fsp3) is 0.765. The zero-order valence-electron chi connectivity index (χ0n) is 14.9. The Kier molecular flexibility index (Phi) is 5.74. The minimum atomic E-state index is -0.673. The molecule has 3 rings (SSSR count). The number of fused-ring (bicyclic) bond motifs is 1. The quantitative estimate of drug-likeness (QED) is 0.706. The molecule has 0 aromatic rings. The second kappa shape index (κ2) is 7.85. The van der Waals surface area contributed by atoms with E-state index in [0.717, 1.165) is 25.7 Å². The van der Waals surface area contributed by atoms with Gasteiger partial charge in [0.15, 0.2) is 6.61 Å². The molecule has 26 heavy (non-hydrogen) atoms. The van der Waals surface area contributed by atoms with Crippen LogP contribution in [-0.4, -0.2) is 58.0 Å². The number of urea groups is 1. The number of imide groups is 1. The topological polar surface area (TPSA) is 105 Å². The molecule has 3 fully saturated rings. The number of thioether (sulfide) groups is 1. The molecule has 0 unspecified atom stereocenters. The lowest BCUT2D eigenvalue weighted by Crippen LogP contribution is -2.48. The summed E-state index contributed by atoms with van der Waals surface area (Å²) in [5.41, 5.74) is 0. The van der Waals surface area contributed by atoms with Crippen LogP contribution in [0.15, 0.2) is 0 Å². The van der Waals surface area contributed by atoms with E-state index in [1.807, 2.05) is 6.92 Å². The van der Waals surface area contributed by atoms with E-state index in [2.05, 4.69) is 10.6 Å². The number of nitrogens with one attached hydrogen (secondary N) is 2. The molecule has 0 aromatic heterocycles. The van der Waals surface area contributed by atoms with Crippen LogP contribution in [0.25, 0.3) is 0 Å². The zero-order valence-corrected chi connectivity index (χ0v) is 15.7. The van der Waals surface area contributed by atoms with Crippen molar-refractivity contribution in [3.63, 3.8) is 0 Å². The van der Waals surface area contributed by atoms with E-state index in [4.69, 9.17) is 4.74 Å². The van der Waals surface area contributed by atoms with Crippen molar-refractivity contribution in [2.24, 2.45) is 0 Å². The van der Waals surface area contributed by atoms with Gasteiger partial charge in [-0.1, -0.05) is 19.3 Å². The molecule has 0 aromatic carbocycles. The van der Waals surface area contributed by atoms with Crippen molar-refractivity contribution in [3.05, 3.63) is 0 Å². The minimum Gasteiger partial charge on any atom is -0.454 e. The van der Waals surface area contributed by atoms with Crippen LogP contribution in [-0.2, 0) is 19.1 Å².